The van der Waals surface area contributed by atoms with Gasteiger partial charge < -0.3 is 0 Å². The number of halogens is 2. The topological polar surface area (TPSA) is 0 Å². The molecule has 0 aromatic carbocycles. The third kappa shape index (κ3) is 3.93. The zero-order valence-electron chi connectivity index (χ0n) is 20.6. The van der Waals surface area contributed by atoms with Crippen LogP contribution in [-0.4, -0.2) is 6.88 Å². The summed E-state index contributed by atoms with van der Waals surface area (Å²) in [6.07, 6.45) is 13.5. The van der Waals surface area contributed by atoms with Crippen molar-refractivity contribution in [3.63, 3.8) is 0 Å². The molecule has 0 heterocycles. The van der Waals surface area contributed by atoms with Crippen LogP contribution in [0.4, 0.5) is 0 Å². The first-order valence-corrected chi connectivity index (χ1v) is 25.3. The first-order chi connectivity index (χ1) is 12.7. The maximum Gasteiger partial charge on any atom is -0.147 e. The normalized spacial score (nSPS) is 30.0. The van der Waals surface area contributed by atoms with Gasteiger partial charge >= 0.3 is 177 Å². The van der Waals surface area contributed by atoms with Gasteiger partial charge in [0, 0.05) is 0 Å². The SMILES string of the molecule is CC1=CC2=C(CCCC2(C)C)[CH]1[Zr]([CH3])([CH3])(=[SiH2])[CH]1C(C)=CC2=C1CCCC2(C)C.Cl.Cl. The van der Waals surface area contributed by atoms with E-state index in [1.165, 1.54) is 38.5 Å². The molecule has 0 aromatic rings. The zero-order chi connectivity index (χ0) is 20.7. The maximum atomic E-state index is 2.82. The quantitative estimate of drug-likeness (QED) is 0.304. The molecule has 0 N–H and O–H groups in total. The van der Waals surface area contributed by atoms with Crippen molar-refractivity contribution >= 4 is 31.7 Å². The number of hydrogen-bond acceptors (Lipinski definition) is 0. The third-order valence-corrected chi connectivity index (χ3v) is 27.0. The molecular weight excluding hydrogens is 503 g/mol. The fraction of sp³-hybridized carbons (Fsp3) is 0.692. The van der Waals surface area contributed by atoms with Crippen molar-refractivity contribution in [2.24, 2.45) is 10.8 Å². The smallest absolute Gasteiger partial charge is 0.147 e. The Hall–Kier alpha value is 0.640. The van der Waals surface area contributed by atoms with Gasteiger partial charge in [0.05, 0.1) is 0 Å². The summed E-state index contributed by atoms with van der Waals surface area (Å²) < 4.78 is 7.22. The maximum absolute atomic E-state index is 3.15. The molecule has 0 aromatic heterocycles. The summed E-state index contributed by atoms with van der Waals surface area (Å²) in [6, 6.07) is 0. The van der Waals surface area contributed by atoms with Gasteiger partial charge in [0.25, 0.3) is 0 Å². The van der Waals surface area contributed by atoms with Crippen molar-refractivity contribution < 1.29 is 17.4 Å². The molecule has 0 radical (unpaired) electrons. The Balaban J connectivity index is 0.00000160. The van der Waals surface area contributed by atoms with Crippen LogP contribution in [0.15, 0.2) is 45.6 Å². The molecule has 4 aliphatic rings. The summed E-state index contributed by atoms with van der Waals surface area (Å²) >= 11 is -3.15. The Bertz CT molecular complexity index is 866. The summed E-state index contributed by atoms with van der Waals surface area (Å²) in [6.45, 7) is 17.4. The van der Waals surface area contributed by atoms with E-state index in [0.717, 1.165) is 7.25 Å². The molecule has 170 valence electrons. The average Bonchev–Trinajstić information content (AvgIpc) is 3.06. The Morgan fingerprint density at radius 1 is 0.767 bits per heavy atom. The Morgan fingerprint density at radius 2 is 1.10 bits per heavy atom. The summed E-state index contributed by atoms with van der Waals surface area (Å²) in [7, 11) is 0. The summed E-state index contributed by atoms with van der Waals surface area (Å²) in [4.78, 5) is 0. The van der Waals surface area contributed by atoms with Gasteiger partial charge in [-0.2, -0.15) is 0 Å². The van der Waals surface area contributed by atoms with E-state index in [0.29, 0.717) is 10.8 Å². The molecular formula is C26H44Cl2SiZr. The zero-order valence-corrected chi connectivity index (χ0v) is 26.1. The average molecular weight is 547 g/mol. The van der Waals surface area contributed by atoms with Crippen molar-refractivity contribution in [2.45, 2.75) is 96.6 Å². The molecule has 0 bridgehead atoms. The largest absolute Gasteiger partial charge is 0.147 e. The second-order valence-electron chi connectivity index (χ2n) is 12.9. The molecule has 0 amide bonds. The standard InChI is InChI=1S/2C12H17.2CH3.2ClH.H2Si.Zr/c2*1-9-7-10-5-4-6-12(2,3)11(10)8-9;;;;;;/h2*7-8H,4-6H2,1-3H3;2*1H3;2*1H;1H2;. The predicted molar refractivity (Wildman–Crippen MR) is 139 cm³/mol. The first-order valence-electron chi connectivity index (χ1n) is 11.7. The van der Waals surface area contributed by atoms with E-state index < -0.39 is 17.4 Å². The van der Waals surface area contributed by atoms with Gasteiger partial charge in [-0.25, -0.2) is 0 Å². The fourth-order valence-electron chi connectivity index (χ4n) is 8.00. The third-order valence-electron chi connectivity index (χ3n) is 8.89. The molecule has 4 rings (SSSR count). The van der Waals surface area contributed by atoms with Crippen molar-refractivity contribution in [1.29, 1.82) is 0 Å². The van der Waals surface area contributed by atoms with Crippen molar-refractivity contribution in [3.05, 3.63) is 45.6 Å². The van der Waals surface area contributed by atoms with Crippen LogP contribution in [0.3, 0.4) is 0 Å². The minimum absolute atomic E-state index is 0. The van der Waals surface area contributed by atoms with E-state index in [4.69, 9.17) is 0 Å². The van der Waals surface area contributed by atoms with Gasteiger partial charge in [0.1, 0.15) is 0 Å². The van der Waals surface area contributed by atoms with Gasteiger partial charge in [-0.1, -0.05) is 0 Å². The van der Waals surface area contributed by atoms with Gasteiger partial charge in [-0.15, -0.1) is 24.8 Å². The van der Waals surface area contributed by atoms with Crippen LogP contribution in [0.2, 0.25) is 16.5 Å². The Kier molecular flexibility index (Phi) is 7.30. The van der Waals surface area contributed by atoms with E-state index in [1.54, 1.807) is 22.3 Å². The predicted octanol–water partition coefficient (Wildman–Crippen LogP) is 8.67. The summed E-state index contributed by atoms with van der Waals surface area (Å²) in [5.74, 6) is 0. The van der Waals surface area contributed by atoms with E-state index in [-0.39, 0.29) is 24.8 Å². The molecule has 0 saturated carbocycles. The molecule has 0 saturated heterocycles. The van der Waals surface area contributed by atoms with E-state index in [2.05, 4.69) is 69.8 Å². The molecule has 0 fully saturated rings. The summed E-state index contributed by atoms with van der Waals surface area (Å²) in [5.41, 5.74) is 11.4. The molecule has 2 unspecified atom stereocenters. The van der Waals surface area contributed by atoms with Crippen LogP contribution in [0.5, 0.6) is 0 Å². The van der Waals surface area contributed by atoms with Crippen molar-refractivity contribution in [3.8, 4) is 0 Å². The van der Waals surface area contributed by atoms with Gasteiger partial charge in [-0.05, 0) is 0 Å². The van der Waals surface area contributed by atoms with Crippen molar-refractivity contribution in [1.82, 2.24) is 0 Å². The van der Waals surface area contributed by atoms with Gasteiger partial charge in [0.15, 0.2) is 0 Å². The second-order valence-corrected chi connectivity index (χ2v) is 43.4. The van der Waals surface area contributed by atoms with Gasteiger partial charge in [0.2, 0.25) is 0 Å². The second kappa shape index (κ2) is 8.14. The minimum atomic E-state index is -3.15. The van der Waals surface area contributed by atoms with Crippen LogP contribution < -0.4 is 0 Å². The van der Waals surface area contributed by atoms with E-state index in [1.807, 2.05) is 11.1 Å². The molecule has 0 nitrogen and oxygen atoms in total. The first kappa shape index (κ1) is 26.9. The Morgan fingerprint density at radius 3 is 1.43 bits per heavy atom. The number of rotatable bonds is 2. The van der Waals surface area contributed by atoms with E-state index in [9.17, 15) is 0 Å². The van der Waals surface area contributed by atoms with Crippen LogP contribution in [0.25, 0.3) is 0 Å². The van der Waals surface area contributed by atoms with Gasteiger partial charge in [-0.3, -0.25) is 0 Å². The molecule has 0 spiro atoms. The Labute approximate surface area is 200 Å². The number of hydrogen-bond donors (Lipinski definition) is 0. The molecule has 4 heteroatoms. The minimum Gasteiger partial charge on any atom is -0.147 e. The van der Waals surface area contributed by atoms with E-state index >= 15 is 0 Å². The fourth-order valence-corrected chi connectivity index (χ4v) is 30.4. The summed E-state index contributed by atoms with van der Waals surface area (Å²) in [5, 5.41) is 0. The molecule has 30 heavy (non-hydrogen) atoms. The monoisotopic (exact) mass is 544 g/mol. The number of allylic oxidation sites excluding steroid dienone is 8. The van der Waals surface area contributed by atoms with Crippen molar-refractivity contribution in [2.75, 3.05) is 0 Å². The van der Waals surface area contributed by atoms with Crippen LogP contribution in [0, 0.1) is 10.8 Å². The van der Waals surface area contributed by atoms with Crippen LogP contribution in [-0.2, 0) is 17.4 Å². The molecule has 2 atom stereocenters. The van der Waals surface area contributed by atoms with Crippen LogP contribution >= 0.6 is 24.8 Å². The molecule has 0 aliphatic heterocycles. The van der Waals surface area contributed by atoms with Crippen LogP contribution in [0.1, 0.15) is 80.1 Å². The molecule has 4 aliphatic carbocycles.